The number of esters is 1. The minimum atomic E-state index is -1.76. The molecule has 2 fully saturated rings. The highest BCUT2D eigenvalue weighted by molar-refractivity contribution is 6.35. The summed E-state index contributed by atoms with van der Waals surface area (Å²) in [5, 5.41) is 14.4. The normalized spacial score (nSPS) is 33.8. The van der Waals surface area contributed by atoms with E-state index in [9.17, 15) is 19.5 Å². The van der Waals surface area contributed by atoms with Gasteiger partial charge in [-0.05, 0) is 44.4 Å². The van der Waals surface area contributed by atoms with Gasteiger partial charge in [0, 0.05) is 32.9 Å². The highest BCUT2D eigenvalue weighted by atomic mass is 35.5. The predicted molar refractivity (Wildman–Crippen MR) is 164 cm³/mol. The van der Waals surface area contributed by atoms with Crippen LogP contribution in [0.1, 0.15) is 58.9 Å². The summed E-state index contributed by atoms with van der Waals surface area (Å²) >= 11 is 6.68. The number of amides is 2. The van der Waals surface area contributed by atoms with Crippen molar-refractivity contribution in [2.45, 2.75) is 95.5 Å². The average molecular weight is 635 g/mol. The second-order valence-corrected chi connectivity index (χ2v) is 12.4. The summed E-state index contributed by atoms with van der Waals surface area (Å²) in [6.07, 6.45) is 2.47. The fourth-order valence-electron chi connectivity index (χ4n) is 6.03. The zero-order valence-corrected chi connectivity index (χ0v) is 27.1. The van der Waals surface area contributed by atoms with E-state index in [1.54, 1.807) is 26.1 Å². The Hall–Kier alpha value is -3.12. The van der Waals surface area contributed by atoms with Gasteiger partial charge in [0.05, 0.1) is 25.3 Å². The fourth-order valence-corrected chi connectivity index (χ4v) is 6.34. The van der Waals surface area contributed by atoms with Gasteiger partial charge in [-0.2, -0.15) is 0 Å². The number of carbonyl (C=O) groups is 3. The molecule has 12 heteroatoms. The van der Waals surface area contributed by atoms with Crippen LogP contribution in [0.2, 0.25) is 5.02 Å². The summed E-state index contributed by atoms with van der Waals surface area (Å²) in [5.74, 6) is -0.813. The largest absolute Gasteiger partial charge is 0.495 e. The second-order valence-electron chi connectivity index (χ2n) is 12.0. The SMILES string of the molecule is CCCC(=O)OC1CC(=O)N(C)c2cc(cc(OC)c2Cl)C/C(C)=C\C=C[C@@H](OC)[C@@]2(O)C[C@H](OC(=O)N2)[C@@H](C)[C@@H]2O[C@@]12C. The quantitative estimate of drug-likeness (QED) is 0.355. The zero-order chi connectivity index (χ0) is 32.4. The summed E-state index contributed by atoms with van der Waals surface area (Å²) in [7, 11) is 4.57. The maximum absolute atomic E-state index is 13.8. The van der Waals surface area contributed by atoms with Crippen LogP contribution in [0.5, 0.6) is 5.75 Å². The average Bonchev–Trinajstić information content (AvgIpc) is 3.66. The number of carbonyl (C=O) groups excluding carboxylic acids is 3. The van der Waals surface area contributed by atoms with E-state index < -0.39 is 53.7 Å². The molecular formula is C32H43ClN2O9. The van der Waals surface area contributed by atoms with E-state index in [4.69, 9.17) is 35.3 Å². The van der Waals surface area contributed by atoms with Gasteiger partial charge in [0.2, 0.25) is 5.91 Å². The van der Waals surface area contributed by atoms with E-state index in [0.29, 0.717) is 24.3 Å². The monoisotopic (exact) mass is 634 g/mol. The number of alkyl carbamates (subject to hydrolysis) is 1. The number of epoxide rings is 1. The van der Waals surface area contributed by atoms with Crippen molar-refractivity contribution in [1.82, 2.24) is 5.32 Å². The van der Waals surface area contributed by atoms with Crippen molar-refractivity contribution in [3.8, 4) is 5.75 Å². The standard InChI is InChI=1S/C32H43ClN2O9/c1-8-10-27(37)43-25-16-26(36)35(5)21-14-20(15-22(40-6)28(21)33)13-18(2)11-9-12-24(41-7)32(39)17-23(42-30(38)34-32)19(3)29-31(25,4)44-29/h9,11-12,14-15,19,23-25,29,39H,8,10,13,16-17H2,1-7H3,(H,34,38)/b12-9?,18-11-/t19-,23+,24-,25?,29+,31+,32+/m1/s1. The maximum Gasteiger partial charge on any atom is 0.409 e. The van der Waals surface area contributed by atoms with Gasteiger partial charge in [-0.15, -0.1) is 0 Å². The molecule has 242 valence electrons. The molecule has 0 aliphatic carbocycles. The van der Waals surface area contributed by atoms with Crippen molar-refractivity contribution in [1.29, 1.82) is 0 Å². The number of hydrogen-bond donors (Lipinski definition) is 2. The third kappa shape index (κ3) is 7.06. The molecule has 44 heavy (non-hydrogen) atoms. The molecule has 2 N–H and O–H groups in total. The van der Waals surface area contributed by atoms with Gasteiger partial charge in [0.25, 0.3) is 0 Å². The van der Waals surface area contributed by atoms with Gasteiger partial charge in [-0.25, -0.2) is 4.79 Å². The lowest BCUT2D eigenvalue weighted by atomic mass is 9.83. The number of halogens is 1. The Balaban J connectivity index is 1.79. The van der Waals surface area contributed by atoms with Crippen LogP contribution in [0.25, 0.3) is 0 Å². The summed E-state index contributed by atoms with van der Waals surface area (Å²) in [6.45, 7) is 7.41. The van der Waals surface area contributed by atoms with Crippen LogP contribution in [0.3, 0.4) is 0 Å². The Morgan fingerprint density at radius 1 is 1.27 bits per heavy atom. The van der Waals surface area contributed by atoms with Gasteiger partial charge in [0.1, 0.15) is 34.7 Å². The van der Waals surface area contributed by atoms with E-state index in [-0.39, 0.29) is 30.2 Å². The molecule has 1 aromatic rings. The third-order valence-electron chi connectivity index (χ3n) is 8.68. The van der Waals surface area contributed by atoms with Gasteiger partial charge in [0.15, 0.2) is 5.72 Å². The number of nitrogens with one attached hydrogen (secondary N) is 1. The fraction of sp³-hybridized carbons (Fsp3) is 0.594. The lowest BCUT2D eigenvalue weighted by Gasteiger charge is -2.42. The number of anilines is 1. The summed E-state index contributed by atoms with van der Waals surface area (Å²) in [6, 6.07) is 3.64. The molecule has 4 bridgehead atoms. The first-order chi connectivity index (χ1) is 20.8. The lowest BCUT2D eigenvalue weighted by molar-refractivity contribution is -0.153. The molecule has 0 saturated carbocycles. The van der Waals surface area contributed by atoms with E-state index in [2.05, 4.69) is 5.32 Å². The molecule has 3 aliphatic rings. The molecule has 1 unspecified atom stereocenters. The summed E-state index contributed by atoms with van der Waals surface area (Å²) in [4.78, 5) is 40.6. The molecule has 3 heterocycles. The number of hydrogen-bond acceptors (Lipinski definition) is 9. The second kappa shape index (κ2) is 13.5. The molecule has 7 atom stereocenters. The first kappa shape index (κ1) is 33.8. The van der Waals surface area contributed by atoms with E-state index in [1.165, 1.54) is 19.1 Å². The van der Waals surface area contributed by atoms with Crippen LogP contribution in [0.4, 0.5) is 10.5 Å². The highest BCUT2D eigenvalue weighted by Gasteiger charge is 2.64. The van der Waals surface area contributed by atoms with E-state index >= 15 is 0 Å². The van der Waals surface area contributed by atoms with Crippen molar-refractivity contribution < 1.29 is 43.2 Å². The highest BCUT2D eigenvalue weighted by Crippen LogP contribution is 2.49. The first-order valence-electron chi connectivity index (χ1n) is 14.8. The van der Waals surface area contributed by atoms with Gasteiger partial charge in [-0.1, -0.05) is 49.2 Å². The van der Waals surface area contributed by atoms with Gasteiger partial charge >= 0.3 is 12.1 Å². The molecule has 4 rings (SSSR count). The molecule has 11 nitrogen and oxygen atoms in total. The van der Waals surface area contributed by atoms with Crippen LogP contribution in [-0.4, -0.2) is 80.1 Å². The number of methoxy groups -OCH3 is 2. The van der Waals surface area contributed by atoms with Crippen molar-refractivity contribution in [3.63, 3.8) is 0 Å². The molecule has 2 amide bonds. The molecule has 0 aromatic heterocycles. The first-order valence-corrected chi connectivity index (χ1v) is 15.2. The van der Waals surface area contributed by atoms with Crippen molar-refractivity contribution in [2.75, 3.05) is 26.2 Å². The molecular weight excluding hydrogens is 592 g/mol. The smallest absolute Gasteiger partial charge is 0.409 e. The van der Waals surface area contributed by atoms with E-state index in [0.717, 1.165) is 11.1 Å². The third-order valence-corrected chi connectivity index (χ3v) is 9.06. The number of fused-ring (bicyclic) bond motifs is 5. The number of ether oxygens (including phenoxy) is 5. The summed E-state index contributed by atoms with van der Waals surface area (Å²) in [5.41, 5.74) is -0.561. The Labute approximate surface area is 263 Å². The van der Waals surface area contributed by atoms with Crippen LogP contribution in [0, 0.1) is 5.92 Å². The van der Waals surface area contributed by atoms with Crippen molar-refractivity contribution in [2.24, 2.45) is 5.92 Å². The van der Waals surface area contributed by atoms with Crippen molar-refractivity contribution >= 4 is 35.3 Å². The Kier molecular flexibility index (Phi) is 10.3. The topological polar surface area (TPSA) is 136 Å². The van der Waals surface area contributed by atoms with Gasteiger partial charge < -0.3 is 33.7 Å². The zero-order valence-electron chi connectivity index (χ0n) is 26.3. The molecule has 0 spiro atoms. The molecule has 3 aliphatic heterocycles. The van der Waals surface area contributed by atoms with Crippen LogP contribution in [-0.2, 0) is 35.0 Å². The maximum atomic E-state index is 13.8. The lowest BCUT2D eigenvalue weighted by Crippen LogP contribution is -2.63. The number of allylic oxidation sites excluding steroid dienone is 3. The predicted octanol–water partition coefficient (Wildman–Crippen LogP) is 4.47. The van der Waals surface area contributed by atoms with Gasteiger partial charge in [-0.3, -0.25) is 14.9 Å². The van der Waals surface area contributed by atoms with Crippen LogP contribution < -0.4 is 15.0 Å². The Morgan fingerprint density at radius 3 is 2.66 bits per heavy atom. The molecule has 1 aromatic carbocycles. The number of aliphatic hydroxyl groups is 1. The summed E-state index contributed by atoms with van der Waals surface area (Å²) < 4.78 is 28.8. The number of rotatable bonds is 5. The minimum absolute atomic E-state index is 0.00742. The Bertz CT molecular complexity index is 1330. The van der Waals surface area contributed by atoms with E-state index in [1.807, 2.05) is 39.0 Å². The number of nitrogens with zero attached hydrogens (tertiary/aromatic N) is 1. The molecule has 2 saturated heterocycles. The Morgan fingerprint density at radius 2 is 2.00 bits per heavy atom. The van der Waals surface area contributed by atoms with Crippen LogP contribution in [0.15, 0.2) is 35.9 Å². The van der Waals surface area contributed by atoms with Crippen LogP contribution >= 0.6 is 11.6 Å². The minimum Gasteiger partial charge on any atom is -0.495 e. The molecule has 0 radical (unpaired) electrons. The number of benzene rings is 1. The van der Waals surface area contributed by atoms with Crippen molar-refractivity contribution in [3.05, 3.63) is 46.5 Å².